The fourth-order valence-corrected chi connectivity index (χ4v) is 4.54. The average molecular weight is 433 g/mol. The van der Waals surface area contributed by atoms with Gasteiger partial charge in [-0.25, -0.2) is 0 Å². The van der Waals surface area contributed by atoms with Crippen LogP contribution in [-0.4, -0.2) is 0 Å². The van der Waals surface area contributed by atoms with Crippen molar-refractivity contribution in [2.75, 3.05) is 0 Å². The van der Waals surface area contributed by atoms with E-state index in [0.717, 1.165) is 38.5 Å². The molecule has 4 rings (SSSR count). The Kier molecular flexibility index (Phi) is 7.79. The molecule has 0 saturated heterocycles. The van der Waals surface area contributed by atoms with Gasteiger partial charge in [-0.15, -0.1) is 0 Å². The van der Waals surface area contributed by atoms with Gasteiger partial charge in [-0.05, 0) is 88.6 Å². The van der Waals surface area contributed by atoms with Gasteiger partial charge in [0.2, 0.25) is 0 Å². The van der Waals surface area contributed by atoms with Gasteiger partial charge in [0.1, 0.15) is 0 Å². The summed E-state index contributed by atoms with van der Waals surface area (Å²) in [5.41, 5.74) is 12.7. The molecule has 0 nitrogen and oxygen atoms in total. The number of hydrogen-bond acceptors (Lipinski definition) is 0. The summed E-state index contributed by atoms with van der Waals surface area (Å²) >= 11 is 0. The Morgan fingerprint density at radius 2 is 0.697 bits per heavy atom. The first-order chi connectivity index (χ1) is 16.2. The molecule has 168 valence electrons. The summed E-state index contributed by atoms with van der Waals surface area (Å²) in [6, 6.07) is 34.4. The quantitative estimate of drug-likeness (QED) is 0.250. The van der Waals surface area contributed by atoms with E-state index in [1.807, 2.05) is 0 Å². The zero-order valence-corrected chi connectivity index (χ0v) is 20.4. The molecule has 0 aliphatic carbocycles. The monoisotopic (exact) mass is 432 g/mol. The van der Waals surface area contributed by atoms with Crippen LogP contribution < -0.4 is 0 Å². The third kappa shape index (κ3) is 6.23. The number of hydrogen-bond donors (Lipinski definition) is 0. The van der Waals surface area contributed by atoms with Crippen LogP contribution in [0.4, 0.5) is 0 Å². The molecule has 0 bridgehead atoms. The van der Waals surface area contributed by atoms with E-state index in [0.29, 0.717) is 0 Å². The molecular weight excluding hydrogens is 396 g/mol. The molecule has 0 amide bonds. The molecule has 0 aliphatic heterocycles. The van der Waals surface area contributed by atoms with E-state index in [4.69, 9.17) is 0 Å². The summed E-state index contributed by atoms with van der Waals surface area (Å²) in [7, 11) is 0. The van der Waals surface area contributed by atoms with Crippen LogP contribution in [0.3, 0.4) is 0 Å². The van der Waals surface area contributed by atoms with Crippen LogP contribution in [0.15, 0.2) is 91.0 Å². The van der Waals surface area contributed by atoms with Crippen molar-refractivity contribution in [1.29, 1.82) is 0 Å². The van der Waals surface area contributed by atoms with E-state index in [9.17, 15) is 0 Å². The molecule has 0 heteroatoms. The van der Waals surface area contributed by atoms with E-state index >= 15 is 0 Å². The summed E-state index contributed by atoms with van der Waals surface area (Å²) in [6.07, 6.45) is 6.28. The molecule has 4 aromatic carbocycles. The van der Waals surface area contributed by atoms with E-state index in [-0.39, 0.29) is 0 Å². The van der Waals surface area contributed by atoms with Crippen molar-refractivity contribution < 1.29 is 0 Å². The maximum Gasteiger partial charge on any atom is -0.00230 e. The highest BCUT2D eigenvalue weighted by Crippen LogP contribution is 2.21. The fraction of sp³-hybridized carbons (Fsp3) is 0.273. The first kappa shape index (κ1) is 23.1. The summed E-state index contributed by atoms with van der Waals surface area (Å²) in [5.74, 6) is 0. The van der Waals surface area contributed by atoms with Crippen molar-refractivity contribution in [3.8, 4) is 0 Å². The zero-order valence-electron chi connectivity index (χ0n) is 20.4. The summed E-state index contributed by atoms with van der Waals surface area (Å²) in [6.45, 7) is 6.68. The van der Waals surface area contributed by atoms with Crippen molar-refractivity contribution in [2.24, 2.45) is 0 Å². The smallest absolute Gasteiger partial charge is 0.00230 e. The Bertz CT molecular complexity index is 1150. The summed E-state index contributed by atoms with van der Waals surface area (Å²) in [4.78, 5) is 0. The van der Waals surface area contributed by atoms with E-state index < -0.39 is 0 Å². The van der Waals surface area contributed by atoms with Crippen LogP contribution in [0.2, 0.25) is 0 Å². The zero-order chi connectivity index (χ0) is 23.0. The highest BCUT2D eigenvalue weighted by molar-refractivity contribution is 5.39. The minimum atomic E-state index is 0.998. The van der Waals surface area contributed by atoms with E-state index in [2.05, 4.69) is 112 Å². The van der Waals surface area contributed by atoms with Gasteiger partial charge in [-0.1, -0.05) is 112 Å². The standard InChI is InChI=1S/C33H36/c1-4-25-7-11-27(12-8-25)21-28-15-17-30(18-16-28)23-33-20-19-31(24-32(33)6-3)22-29-13-9-26(5-2)10-14-29/h7-20,24H,4-6,21-23H2,1-3H3. The van der Waals surface area contributed by atoms with E-state index in [1.54, 1.807) is 0 Å². The van der Waals surface area contributed by atoms with Crippen LogP contribution in [0.1, 0.15) is 70.8 Å². The predicted octanol–water partition coefficient (Wildman–Crippen LogP) is 8.15. The van der Waals surface area contributed by atoms with Crippen molar-refractivity contribution >= 4 is 0 Å². The second-order valence-corrected chi connectivity index (χ2v) is 9.14. The molecule has 33 heavy (non-hydrogen) atoms. The van der Waals surface area contributed by atoms with Crippen LogP contribution in [0.25, 0.3) is 0 Å². The van der Waals surface area contributed by atoms with Gasteiger partial charge in [0.25, 0.3) is 0 Å². The van der Waals surface area contributed by atoms with Gasteiger partial charge in [0, 0.05) is 0 Å². The molecule has 0 aliphatic rings. The molecule has 0 unspecified atom stereocenters. The van der Waals surface area contributed by atoms with Crippen LogP contribution in [-0.2, 0) is 38.5 Å². The Labute approximate surface area is 200 Å². The second kappa shape index (κ2) is 11.1. The first-order valence-corrected chi connectivity index (χ1v) is 12.5. The highest BCUT2D eigenvalue weighted by Gasteiger charge is 2.06. The van der Waals surface area contributed by atoms with Crippen molar-refractivity contribution in [3.05, 3.63) is 141 Å². The molecular formula is C33H36. The van der Waals surface area contributed by atoms with Crippen LogP contribution in [0, 0.1) is 0 Å². The third-order valence-electron chi connectivity index (χ3n) is 6.75. The molecule has 0 saturated carbocycles. The normalized spacial score (nSPS) is 11.0. The maximum absolute atomic E-state index is 2.41. The second-order valence-electron chi connectivity index (χ2n) is 9.14. The highest BCUT2D eigenvalue weighted by atomic mass is 14.1. The number of benzene rings is 4. The molecule has 0 fully saturated rings. The molecule has 0 aromatic heterocycles. The fourth-order valence-electron chi connectivity index (χ4n) is 4.54. The lowest BCUT2D eigenvalue weighted by Gasteiger charge is -2.12. The lowest BCUT2D eigenvalue weighted by atomic mass is 9.93. The Hall–Kier alpha value is -3.12. The van der Waals surface area contributed by atoms with Gasteiger partial charge in [0.05, 0.1) is 0 Å². The van der Waals surface area contributed by atoms with Gasteiger partial charge in [-0.3, -0.25) is 0 Å². The minimum Gasteiger partial charge on any atom is -0.0613 e. The SMILES string of the molecule is CCc1ccc(Cc2ccc(Cc3ccc(Cc4ccc(CC)cc4)cc3CC)cc2)cc1. The summed E-state index contributed by atoms with van der Waals surface area (Å²) < 4.78 is 0. The lowest BCUT2D eigenvalue weighted by Crippen LogP contribution is -1.98. The minimum absolute atomic E-state index is 0.998. The largest absolute Gasteiger partial charge is 0.0613 e. The molecule has 0 N–H and O–H groups in total. The predicted molar refractivity (Wildman–Crippen MR) is 142 cm³/mol. The van der Waals surface area contributed by atoms with Crippen LogP contribution in [0.5, 0.6) is 0 Å². The van der Waals surface area contributed by atoms with Crippen molar-refractivity contribution in [3.63, 3.8) is 0 Å². The number of aryl methyl sites for hydroxylation is 3. The van der Waals surface area contributed by atoms with Gasteiger partial charge < -0.3 is 0 Å². The van der Waals surface area contributed by atoms with Crippen LogP contribution >= 0.6 is 0 Å². The lowest BCUT2D eigenvalue weighted by molar-refractivity contribution is 1.04. The molecule has 0 heterocycles. The molecule has 0 atom stereocenters. The number of rotatable bonds is 9. The average Bonchev–Trinajstić information content (AvgIpc) is 2.87. The van der Waals surface area contributed by atoms with E-state index in [1.165, 1.54) is 50.1 Å². The summed E-state index contributed by atoms with van der Waals surface area (Å²) in [5, 5.41) is 0. The van der Waals surface area contributed by atoms with Gasteiger partial charge >= 0.3 is 0 Å². The third-order valence-corrected chi connectivity index (χ3v) is 6.75. The Balaban J connectivity index is 1.42. The van der Waals surface area contributed by atoms with Gasteiger partial charge in [-0.2, -0.15) is 0 Å². The van der Waals surface area contributed by atoms with Gasteiger partial charge in [0.15, 0.2) is 0 Å². The molecule has 4 aromatic rings. The van der Waals surface area contributed by atoms with Crippen molar-refractivity contribution in [2.45, 2.75) is 59.3 Å². The first-order valence-electron chi connectivity index (χ1n) is 12.5. The Morgan fingerprint density at radius 3 is 1.12 bits per heavy atom. The molecule has 0 spiro atoms. The maximum atomic E-state index is 2.41. The topological polar surface area (TPSA) is 0 Å². The molecule has 0 radical (unpaired) electrons. The Morgan fingerprint density at radius 1 is 0.333 bits per heavy atom. The van der Waals surface area contributed by atoms with Crippen molar-refractivity contribution in [1.82, 2.24) is 0 Å².